The van der Waals surface area contributed by atoms with Gasteiger partial charge in [-0.1, -0.05) is 16.8 Å². The molecular formula is C9H4BrClF3N3O. The summed E-state index contributed by atoms with van der Waals surface area (Å²) in [4.78, 5) is 3.66. The van der Waals surface area contributed by atoms with E-state index in [-0.39, 0.29) is 18.3 Å². The van der Waals surface area contributed by atoms with E-state index < -0.39 is 32.5 Å². The average molecular weight is 343 g/mol. The van der Waals surface area contributed by atoms with Crippen molar-refractivity contribution in [2.75, 3.05) is 0 Å². The molecule has 0 saturated heterocycles. The molecule has 0 aliphatic heterocycles. The molecule has 1 heterocycles. The predicted octanol–water partition coefficient (Wildman–Crippen LogP) is 3.03. The van der Waals surface area contributed by atoms with Crippen molar-refractivity contribution in [2.24, 2.45) is 5.73 Å². The second-order valence-corrected chi connectivity index (χ2v) is 4.33. The molecule has 0 bridgehead atoms. The molecule has 0 radical (unpaired) electrons. The number of aromatic nitrogens is 2. The third kappa shape index (κ3) is 2.00. The Bertz CT molecular complexity index is 590. The van der Waals surface area contributed by atoms with Gasteiger partial charge >= 0.3 is 0 Å². The molecule has 4 nitrogen and oxygen atoms in total. The smallest absolute Gasteiger partial charge is 0.240 e. The van der Waals surface area contributed by atoms with Crippen LogP contribution in [0.25, 0.3) is 11.4 Å². The zero-order valence-corrected chi connectivity index (χ0v) is 10.8. The van der Waals surface area contributed by atoms with E-state index in [9.17, 15) is 13.2 Å². The normalized spacial score (nSPS) is 11.0. The van der Waals surface area contributed by atoms with Gasteiger partial charge in [-0.05, 0) is 15.9 Å². The first kappa shape index (κ1) is 13.3. The number of hydrogen-bond donors (Lipinski definition) is 1. The Morgan fingerprint density at radius 2 is 1.89 bits per heavy atom. The van der Waals surface area contributed by atoms with Gasteiger partial charge in [-0.25, -0.2) is 13.2 Å². The summed E-state index contributed by atoms with van der Waals surface area (Å²) in [6, 6.07) is 0. The van der Waals surface area contributed by atoms with Gasteiger partial charge in [0.2, 0.25) is 11.7 Å². The van der Waals surface area contributed by atoms with Crippen LogP contribution in [0.5, 0.6) is 0 Å². The molecule has 0 amide bonds. The van der Waals surface area contributed by atoms with Crippen molar-refractivity contribution in [1.29, 1.82) is 0 Å². The van der Waals surface area contributed by atoms with Crippen molar-refractivity contribution in [2.45, 2.75) is 6.54 Å². The quantitative estimate of drug-likeness (QED) is 0.673. The van der Waals surface area contributed by atoms with E-state index in [1.807, 2.05) is 0 Å². The lowest BCUT2D eigenvalue weighted by molar-refractivity contribution is 0.380. The molecule has 0 saturated carbocycles. The number of hydrogen-bond acceptors (Lipinski definition) is 4. The van der Waals surface area contributed by atoms with Gasteiger partial charge in [0.15, 0.2) is 17.5 Å². The Hall–Kier alpha value is -1.12. The van der Waals surface area contributed by atoms with Crippen LogP contribution in [0.1, 0.15) is 5.89 Å². The Labute approximate surface area is 112 Å². The maximum atomic E-state index is 13.7. The number of nitrogens with two attached hydrogens (primary N) is 1. The maximum Gasteiger partial charge on any atom is 0.240 e. The van der Waals surface area contributed by atoms with Crippen molar-refractivity contribution in [1.82, 2.24) is 10.1 Å². The monoisotopic (exact) mass is 341 g/mol. The SMILES string of the molecule is NCc1nc(-c2c(F)c(F)c(Br)c(F)c2Cl)no1. The van der Waals surface area contributed by atoms with Crippen LogP contribution >= 0.6 is 27.5 Å². The predicted molar refractivity (Wildman–Crippen MR) is 60.2 cm³/mol. The molecule has 2 rings (SSSR count). The molecule has 0 fully saturated rings. The van der Waals surface area contributed by atoms with Gasteiger partial charge in [-0.2, -0.15) is 4.98 Å². The van der Waals surface area contributed by atoms with Gasteiger partial charge in [0.25, 0.3) is 0 Å². The minimum absolute atomic E-state index is 0.01000. The van der Waals surface area contributed by atoms with E-state index in [2.05, 4.69) is 30.6 Å². The van der Waals surface area contributed by atoms with E-state index in [1.54, 1.807) is 0 Å². The Kier molecular flexibility index (Phi) is 3.60. The van der Waals surface area contributed by atoms with E-state index >= 15 is 0 Å². The number of halogens is 5. The van der Waals surface area contributed by atoms with Crippen molar-refractivity contribution < 1.29 is 17.7 Å². The first-order valence-corrected chi connectivity index (χ1v) is 5.69. The van der Waals surface area contributed by atoms with Crippen LogP contribution in [-0.4, -0.2) is 10.1 Å². The Morgan fingerprint density at radius 3 is 2.44 bits per heavy atom. The van der Waals surface area contributed by atoms with E-state index in [4.69, 9.17) is 17.3 Å². The topological polar surface area (TPSA) is 64.9 Å². The van der Waals surface area contributed by atoms with Crippen LogP contribution in [-0.2, 0) is 6.54 Å². The molecule has 2 N–H and O–H groups in total. The van der Waals surface area contributed by atoms with Gasteiger partial charge in [-0.3, -0.25) is 0 Å². The van der Waals surface area contributed by atoms with Gasteiger partial charge in [-0.15, -0.1) is 0 Å². The summed E-state index contributed by atoms with van der Waals surface area (Å²) in [5.41, 5.74) is 4.61. The standard InChI is InChI=1S/C9H4BrClF3N3O/c10-4-7(13)5(11)3(6(12)8(4)14)9-16-2(1-15)18-17-9/h1,15H2. The molecule has 1 aromatic carbocycles. The summed E-state index contributed by atoms with van der Waals surface area (Å²) < 4.78 is 44.5. The number of rotatable bonds is 2. The van der Waals surface area contributed by atoms with Gasteiger partial charge in [0.05, 0.1) is 21.6 Å². The molecule has 96 valence electrons. The highest BCUT2D eigenvalue weighted by molar-refractivity contribution is 9.10. The molecule has 1 aromatic heterocycles. The van der Waals surface area contributed by atoms with Gasteiger partial charge in [0.1, 0.15) is 0 Å². The Morgan fingerprint density at radius 1 is 1.22 bits per heavy atom. The molecule has 9 heteroatoms. The lowest BCUT2D eigenvalue weighted by atomic mass is 10.2. The van der Waals surface area contributed by atoms with Crippen LogP contribution in [0.3, 0.4) is 0 Å². The summed E-state index contributed by atoms with van der Waals surface area (Å²) in [6.45, 7) is -0.0896. The van der Waals surface area contributed by atoms with Gasteiger partial charge in [0, 0.05) is 0 Å². The minimum Gasteiger partial charge on any atom is -0.338 e. The average Bonchev–Trinajstić information content (AvgIpc) is 2.83. The molecule has 0 spiro atoms. The highest BCUT2D eigenvalue weighted by Crippen LogP contribution is 2.37. The second kappa shape index (κ2) is 4.87. The first-order valence-electron chi connectivity index (χ1n) is 4.51. The second-order valence-electron chi connectivity index (χ2n) is 3.16. The highest BCUT2D eigenvalue weighted by Gasteiger charge is 2.26. The fourth-order valence-electron chi connectivity index (χ4n) is 1.24. The molecule has 0 aliphatic carbocycles. The summed E-state index contributed by atoms with van der Waals surface area (Å²) in [5.74, 6) is -4.33. The Balaban J connectivity index is 2.71. The minimum atomic E-state index is -1.43. The van der Waals surface area contributed by atoms with E-state index in [0.29, 0.717) is 0 Å². The third-order valence-corrected chi connectivity index (χ3v) is 3.13. The summed E-state index contributed by atoms with van der Waals surface area (Å²) in [7, 11) is 0. The van der Waals surface area contributed by atoms with Crippen LogP contribution in [0, 0.1) is 17.5 Å². The molecule has 0 aliphatic rings. The number of nitrogens with zero attached hydrogens (tertiary/aromatic N) is 2. The van der Waals surface area contributed by atoms with Crippen LogP contribution in [0.15, 0.2) is 9.00 Å². The first-order chi connectivity index (χ1) is 8.47. The van der Waals surface area contributed by atoms with E-state index in [0.717, 1.165) is 0 Å². The van der Waals surface area contributed by atoms with Gasteiger partial charge < -0.3 is 10.3 Å². The van der Waals surface area contributed by atoms with Crippen molar-refractivity contribution in [3.63, 3.8) is 0 Å². The largest absolute Gasteiger partial charge is 0.338 e. The maximum absolute atomic E-state index is 13.7. The summed E-state index contributed by atoms with van der Waals surface area (Å²) in [5, 5.41) is 2.70. The van der Waals surface area contributed by atoms with E-state index in [1.165, 1.54) is 0 Å². The number of benzene rings is 1. The lowest BCUT2D eigenvalue weighted by Crippen LogP contribution is -1.99. The zero-order valence-electron chi connectivity index (χ0n) is 8.48. The molecule has 0 atom stereocenters. The lowest BCUT2D eigenvalue weighted by Gasteiger charge is -2.06. The van der Waals surface area contributed by atoms with Crippen LogP contribution < -0.4 is 5.73 Å². The van der Waals surface area contributed by atoms with Crippen LogP contribution in [0.4, 0.5) is 13.2 Å². The highest BCUT2D eigenvalue weighted by atomic mass is 79.9. The summed E-state index contributed by atoms with van der Waals surface area (Å²) in [6.07, 6.45) is 0. The fourth-order valence-corrected chi connectivity index (χ4v) is 1.99. The summed E-state index contributed by atoms with van der Waals surface area (Å²) >= 11 is 8.15. The molecule has 18 heavy (non-hydrogen) atoms. The fraction of sp³-hybridized carbons (Fsp3) is 0.111. The molecule has 2 aromatic rings. The van der Waals surface area contributed by atoms with Crippen molar-refractivity contribution in [3.05, 3.63) is 32.8 Å². The molecular weight excluding hydrogens is 338 g/mol. The van der Waals surface area contributed by atoms with Crippen molar-refractivity contribution in [3.8, 4) is 11.4 Å². The third-order valence-electron chi connectivity index (χ3n) is 2.08. The zero-order chi connectivity index (χ0) is 13.4. The van der Waals surface area contributed by atoms with Crippen LogP contribution in [0.2, 0.25) is 5.02 Å². The molecule has 0 unspecified atom stereocenters. The van der Waals surface area contributed by atoms with Crippen molar-refractivity contribution >= 4 is 27.5 Å².